The smallest absolute Gasteiger partial charge is 0.135 e. The number of hydrogen-bond acceptors (Lipinski definition) is 3. The molecule has 1 N–H and O–H groups in total. The third-order valence-corrected chi connectivity index (χ3v) is 3.88. The van der Waals surface area contributed by atoms with Gasteiger partial charge in [0, 0.05) is 25.0 Å². The molecule has 2 aromatic rings. The van der Waals surface area contributed by atoms with E-state index >= 15 is 0 Å². The molecule has 1 aliphatic rings. The van der Waals surface area contributed by atoms with Crippen LogP contribution in [0.25, 0.3) is 0 Å². The van der Waals surface area contributed by atoms with Crippen molar-refractivity contribution < 1.29 is 4.39 Å². The molecule has 0 radical (unpaired) electrons. The van der Waals surface area contributed by atoms with E-state index in [9.17, 15) is 4.39 Å². The summed E-state index contributed by atoms with van der Waals surface area (Å²) in [4.78, 5) is 6.72. The summed E-state index contributed by atoms with van der Waals surface area (Å²) < 4.78 is 13.5. The van der Waals surface area contributed by atoms with Crippen LogP contribution in [0.5, 0.6) is 0 Å². The van der Waals surface area contributed by atoms with Crippen molar-refractivity contribution in [2.24, 2.45) is 0 Å². The van der Waals surface area contributed by atoms with E-state index in [0.29, 0.717) is 0 Å². The molecule has 110 valence electrons. The highest BCUT2D eigenvalue weighted by molar-refractivity contribution is 5.69. The van der Waals surface area contributed by atoms with Crippen LogP contribution in [0.4, 0.5) is 15.9 Å². The Hall–Kier alpha value is -1.94. The molecule has 0 spiro atoms. The van der Waals surface area contributed by atoms with Crippen molar-refractivity contribution in [1.82, 2.24) is 10.3 Å². The van der Waals surface area contributed by atoms with Gasteiger partial charge >= 0.3 is 0 Å². The maximum Gasteiger partial charge on any atom is 0.135 e. The van der Waals surface area contributed by atoms with Gasteiger partial charge in [0.25, 0.3) is 0 Å². The first-order chi connectivity index (χ1) is 10.2. The van der Waals surface area contributed by atoms with Gasteiger partial charge in [0.2, 0.25) is 0 Å². The number of hydrogen-bond donors (Lipinski definition) is 1. The summed E-state index contributed by atoms with van der Waals surface area (Å²) in [5, 5.41) is 3.30. The second kappa shape index (κ2) is 5.82. The average molecular weight is 285 g/mol. The van der Waals surface area contributed by atoms with Crippen LogP contribution in [-0.2, 0) is 13.0 Å². The molecule has 0 atom stereocenters. The van der Waals surface area contributed by atoms with Gasteiger partial charge in [0.1, 0.15) is 11.6 Å². The van der Waals surface area contributed by atoms with Crippen molar-refractivity contribution in [2.45, 2.75) is 26.8 Å². The molecule has 0 aliphatic carbocycles. The lowest BCUT2D eigenvalue weighted by molar-refractivity contribution is 0.628. The molecule has 0 saturated heterocycles. The van der Waals surface area contributed by atoms with E-state index in [1.807, 2.05) is 12.3 Å². The van der Waals surface area contributed by atoms with E-state index in [-0.39, 0.29) is 5.82 Å². The van der Waals surface area contributed by atoms with Gasteiger partial charge in [0.15, 0.2) is 0 Å². The Morgan fingerprint density at radius 1 is 1.33 bits per heavy atom. The summed E-state index contributed by atoms with van der Waals surface area (Å²) in [6.45, 7) is 6.79. The third kappa shape index (κ3) is 2.76. The van der Waals surface area contributed by atoms with Crippen LogP contribution in [0.3, 0.4) is 0 Å². The Bertz CT molecular complexity index is 654. The largest absolute Gasteiger partial charge is 0.325 e. The minimum Gasteiger partial charge on any atom is -0.325 e. The van der Waals surface area contributed by atoms with Crippen molar-refractivity contribution in [3.05, 3.63) is 53.0 Å². The quantitative estimate of drug-likeness (QED) is 0.934. The van der Waals surface area contributed by atoms with E-state index in [4.69, 9.17) is 0 Å². The van der Waals surface area contributed by atoms with E-state index in [1.165, 1.54) is 17.2 Å². The summed E-state index contributed by atoms with van der Waals surface area (Å²) in [7, 11) is 0. The van der Waals surface area contributed by atoms with Crippen LogP contribution in [0.1, 0.15) is 23.6 Å². The molecule has 4 heteroatoms. The molecule has 0 amide bonds. The van der Waals surface area contributed by atoms with E-state index in [2.05, 4.69) is 35.1 Å². The summed E-state index contributed by atoms with van der Waals surface area (Å²) >= 11 is 0. The minimum absolute atomic E-state index is 0.193. The van der Waals surface area contributed by atoms with Crippen molar-refractivity contribution in [2.75, 3.05) is 18.0 Å². The number of benzene rings is 1. The van der Waals surface area contributed by atoms with Crippen LogP contribution < -0.4 is 10.2 Å². The fourth-order valence-corrected chi connectivity index (χ4v) is 2.85. The van der Waals surface area contributed by atoms with Gasteiger partial charge in [-0.05, 0) is 54.8 Å². The van der Waals surface area contributed by atoms with Crippen molar-refractivity contribution in [1.29, 1.82) is 0 Å². The number of halogens is 1. The van der Waals surface area contributed by atoms with Gasteiger partial charge in [-0.15, -0.1) is 0 Å². The number of pyridine rings is 1. The molecule has 0 unspecified atom stereocenters. The summed E-state index contributed by atoms with van der Waals surface area (Å²) in [5.41, 5.74) is 4.44. The maximum absolute atomic E-state index is 13.5. The normalized spacial score (nSPS) is 13.6. The number of aryl methyl sites for hydroxylation is 1. The maximum atomic E-state index is 13.5. The molecule has 2 heterocycles. The highest BCUT2D eigenvalue weighted by atomic mass is 19.1. The van der Waals surface area contributed by atoms with Gasteiger partial charge in [-0.2, -0.15) is 0 Å². The number of nitrogens with zero attached hydrogens (tertiary/aromatic N) is 2. The lowest BCUT2D eigenvalue weighted by Gasteiger charge is -2.21. The minimum atomic E-state index is -0.193. The monoisotopic (exact) mass is 285 g/mol. The van der Waals surface area contributed by atoms with Crippen molar-refractivity contribution in [3.8, 4) is 0 Å². The Morgan fingerprint density at radius 2 is 2.19 bits per heavy atom. The van der Waals surface area contributed by atoms with E-state index in [1.54, 1.807) is 6.07 Å². The molecule has 3 nitrogen and oxygen atoms in total. The number of rotatable bonds is 4. The molecule has 1 aromatic carbocycles. The van der Waals surface area contributed by atoms with E-state index in [0.717, 1.165) is 43.1 Å². The number of nitrogens with one attached hydrogen (secondary N) is 1. The van der Waals surface area contributed by atoms with Gasteiger partial charge in [-0.3, -0.25) is 0 Å². The van der Waals surface area contributed by atoms with Crippen LogP contribution in [-0.4, -0.2) is 18.1 Å². The van der Waals surface area contributed by atoms with Gasteiger partial charge in [-0.1, -0.05) is 13.0 Å². The molecule has 3 rings (SSSR count). The Balaban J connectivity index is 1.91. The fourth-order valence-electron chi connectivity index (χ4n) is 2.85. The zero-order valence-electron chi connectivity index (χ0n) is 12.5. The van der Waals surface area contributed by atoms with Gasteiger partial charge in [0.05, 0.1) is 0 Å². The topological polar surface area (TPSA) is 28.2 Å². The van der Waals surface area contributed by atoms with Gasteiger partial charge < -0.3 is 10.2 Å². The van der Waals surface area contributed by atoms with Gasteiger partial charge in [-0.25, -0.2) is 9.37 Å². The predicted molar refractivity (Wildman–Crippen MR) is 83.5 cm³/mol. The lowest BCUT2D eigenvalue weighted by atomic mass is 10.1. The SMILES string of the molecule is CCNCc1cnc(N2CCc3ccc(F)cc32)c(C)c1. The molecule has 0 bridgehead atoms. The van der Waals surface area contributed by atoms with Crippen LogP contribution in [0, 0.1) is 12.7 Å². The van der Waals surface area contributed by atoms with Crippen LogP contribution in [0.15, 0.2) is 30.5 Å². The number of fused-ring (bicyclic) bond motifs is 1. The molecule has 21 heavy (non-hydrogen) atoms. The fraction of sp³-hybridized carbons (Fsp3) is 0.353. The first-order valence-corrected chi connectivity index (χ1v) is 7.41. The Morgan fingerprint density at radius 3 is 2.95 bits per heavy atom. The molecule has 1 aliphatic heterocycles. The van der Waals surface area contributed by atoms with Crippen molar-refractivity contribution in [3.63, 3.8) is 0 Å². The first-order valence-electron chi connectivity index (χ1n) is 7.41. The molecular formula is C17H20FN3. The van der Waals surface area contributed by atoms with E-state index < -0.39 is 0 Å². The van der Waals surface area contributed by atoms with Crippen LogP contribution in [0.2, 0.25) is 0 Å². The Labute approximate surface area is 124 Å². The summed E-state index contributed by atoms with van der Waals surface area (Å²) in [6.07, 6.45) is 2.85. The zero-order valence-corrected chi connectivity index (χ0v) is 12.5. The first kappa shape index (κ1) is 14.0. The zero-order chi connectivity index (χ0) is 14.8. The highest BCUT2D eigenvalue weighted by Gasteiger charge is 2.23. The predicted octanol–water partition coefficient (Wildman–Crippen LogP) is 3.33. The molecule has 0 saturated carbocycles. The standard InChI is InChI=1S/C17H20FN3/c1-3-19-10-13-8-12(2)17(20-11-13)21-7-6-14-4-5-15(18)9-16(14)21/h4-5,8-9,11,19H,3,6-7,10H2,1-2H3. The second-order valence-electron chi connectivity index (χ2n) is 5.44. The van der Waals surface area contributed by atoms with Crippen LogP contribution >= 0.6 is 0 Å². The van der Waals surface area contributed by atoms with Crippen molar-refractivity contribution >= 4 is 11.5 Å². The average Bonchev–Trinajstić information content (AvgIpc) is 2.88. The third-order valence-electron chi connectivity index (χ3n) is 3.88. The number of anilines is 2. The molecule has 0 fully saturated rings. The second-order valence-corrected chi connectivity index (χ2v) is 5.44. The summed E-state index contributed by atoms with van der Waals surface area (Å²) in [5.74, 6) is 0.738. The lowest BCUT2D eigenvalue weighted by Crippen LogP contribution is -2.17. The summed E-state index contributed by atoms with van der Waals surface area (Å²) in [6, 6.07) is 7.17. The molecule has 1 aromatic heterocycles. The highest BCUT2D eigenvalue weighted by Crippen LogP contribution is 2.35. The molecular weight excluding hydrogens is 265 g/mol. The number of aromatic nitrogens is 1. The Kier molecular flexibility index (Phi) is 3.88.